The number of halogens is 1. The first kappa shape index (κ1) is 18.5. The number of carbonyl (C=O) groups is 1. The molecule has 0 unspecified atom stereocenters. The fraction of sp³-hybridized carbons (Fsp3) is 0.444. The van der Waals surface area contributed by atoms with Crippen molar-refractivity contribution in [3.05, 3.63) is 35.7 Å². The summed E-state index contributed by atoms with van der Waals surface area (Å²) in [6.45, 7) is 6.90. The van der Waals surface area contributed by atoms with Gasteiger partial charge in [-0.2, -0.15) is 0 Å². The molecule has 1 saturated heterocycles. The van der Waals surface area contributed by atoms with Crippen LogP contribution in [-0.2, 0) is 4.79 Å². The average molecular weight is 350 g/mol. The Kier molecular flexibility index (Phi) is 6.02. The van der Waals surface area contributed by atoms with Crippen LogP contribution in [0.15, 0.2) is 28.9 Å². The molecule has 1 aliphatic rings. The summed E-state index contributed by atoms with van der Waals surface area (Å²) in [5.74, 6) is 0.744. The topological polar surface area (TPSA) is 67.2 Å². The number of piperidine rings is 1. The highest BCUT2D eigenvalue weighted by Gasteiger charge is 2.25. The first-order chi connectivity index (χ1) is 11.0. The molecule has 0 aliphatic carbocycles. The van der Waals surface area contributed by atoms with E-state index >= 15 is 0 Å². The predicted octanol–water partition coefficient (Wildman–Crippen LogP) is 3.71. The second-order valence-corrected chi connectivity index (χ2v) is 6.39. The molecule has 1 fully saturated rings. The summed E-state index contributed by atoms with van der Waals surface area (Å²) in [5.41, 5.74) is 3.58. The van der Waals surface area contributed by atoms with Crippen LogP contribution in [-0.4, -0.2) is 23.5 Å². The Morgan fingerprint density at radius 3 is 2.83 bits per heavy atom. The van der Waals surface area contributed by atoms with Gasteiger partial charge in [-0.25, -0.2) is 4.98 Å². The molecule has 2 aromatic rings. The maximum absolute atomic E-state index is 12.5. The van der Waals surface area contributed by atoms with Crippen LogP contribution in [0.25, 0.3) is 11.5 Å². The van der Waals surface area contributed by atoms with Crippen LogP contribution < -0.4 is 10.6 Å². The molecule has 130 valence electrons. The summed E-state index contributed by atoms with van der Waals surface area (Å²) in [5, 5.41) is 6.46. The van der Waals surface area contributed by atoms with E-state index in [2.05, 4.69) is 22.5 Å². The number of aromatic nitrogens is 1. The van der Waals surface area contributed by atoms with Gasteiger partial charge < -0.3 is 15.1 Å². The zero-order chi connectivity index (χ0) is 16.4. The van der Waals surface area contributed by atoms with Gasteiger partial charge in [0.15, 0.2) is 0 Å². The Morgan fingerprint density at radius 2 is 2.17 bits per heavy atom. The number of hydrogen-bond donors (Lipinski definition) is 2. The van der Waals surface area contributed by atoms with Crippen molar-refractivity contribution in [2.75, 3.05) is 11.9 Å². The first-order valence-corrected chi connectivity index (χ1v) is 8.10. The predicted molar refractivity (Wildman–Crippen MR) is 97.5 cm³/mol. The van der Waals surface area contributed by atoms with E-state index in [1.54, 1.807) is 6.26 Å². The monoisotopic (exact) mass is 349 g/mol. The third-order valence-electron chi connectivity index (χ3n) is 4.36. The van der Waals surface area contributed by atoms with Gasteiger partial charge in [0.2, 0.25) is 11.8 Å². The smallest absolute Gasteiger partial charge is 0.227 e. The first-order valence-electron chi connectivity index (χ1n) is 8.10. The van der Waals surface area contributed by atoms with E-state index in [9.17, 15) is 4.79 Å². The number of anilines is 1. The molecule has 6 heteroatoms. The normalized spacial score (nSPS) is 20.3. The van der Waals surface area contributed by atoms with Gasteiger partial charge in [0.05, 0.1) is 5.69 Å². The van der Waals surface area contributed by atoms with Crippen molar-refractivity contribution in [1.29, 1.82) is 0 Å². The van der Waals surface area contributed by atoms with Crippen LogP contribution in [0.2, 0.25) is 0 Å². The van der Waals surface area contributed by atoms with Crippen molar-refractivity contribution in [3.63, 3.8) is 0 Å². The fourth-order valence-corrected chi connectivity index (χ4v) is 2.98. The average Bonchev–Trinajstić information content (AvgIpc) is 2.96. The molecule has 1 amide bonds. The molecular formula is C18H24ClN3O2. The maximum atomic E-state index is 12.5. The highest BCUT2D eigenvalue weighted by atomic mass is 35.5. The van der Waals surface area contributed by atoms with Crippen molar-refractivity contribution in [2.24, 2.45) is 5.92 Å². The summed E-state index contributed by atoms with van der Waals surface area (Å²) >= 11 is 0. The molecule has 2 heterocycles. The summed E-state index contributed by atoms with van der Waals surface area (Å²) in [6.07, 6.45) is 3.39. The van der Waals surface area contributed by atoms with Gasteiger partial charge in [0, 0.05) is 23.2 Å². The zero-order valence-electron chi connectivity index (χ0n) is 14.3. The number of carbonyl (C=O) groups excluding carboxylic acids is 1. The van der Waals surface area contributed by atoms with Gasteiger partial charge in [-0.05, 0) is 57.9 Å². The minimum absolute atomic E-state index is 0. The molecule has 1 aromatic carbocycles. The minimum atomic E-state index is 0. The van der Waals surface area contributed by atoms with E-state index in [1.807, 2.05) is 32.0 Å². The molecule has 0 bridgehead atoms. The number of nitrogens with one attached hydrogen (secondary N) is 2. The minimum Gasteiger partial charge on any atom is -0.444 e. The molecular weight excluding hydrogens is 326 g/mol. The molecule has 1 aliphatic heterocycles. The van der Waals surface area contributed by atoms with Gasteiger partial charge in [-0.1, -0.05) is 6.07 Å². The quantitative estimate of drug-likeness (QED) is 0.886. The molecule has 3 rings (SSSR count). The van der Waals surface area contributed by atoms with Crippen molar-refractivity contribution in [2.45, 2.75) is 39.7 Å². The lowest BCUT2D eigenvalue weighted by atomic mass is 9.92. The standard InChI is InChI=1S/C18H23N3O2.ClH/c1-11-4-5-15(18-20-13(3)10-23-18)9-16(11)21-17(22)14-6-7-19-12(2)8-14;/h4-5,9-10,12,14,19H,6-8H2,1-3H3,(H,21,22);1H/t12-,14-;/m0./s1. The lowest BCUT2D eigenvalue weighted by Crippen LogP contribution is -2.40. The Bertz CT molecular complexity index is 714. The summed E-state index contributed by atoms with van der Waals surface area (Å²) in [4.78, 5) is 16.9. The van der Waals surface area contributed by atoms with Crippen molar-refractivity contribution >= 4 is 24.0 Å². The van der Waals surface area contributed by atoms with Crippen LogP contribution in [0, 0.1) is 19.8 Å². The second kappa shape index (κ2) is 7.81. The van der Waals surface area contributed by atoms with Crippen LogP contribution >= 0.6 is 12.4 Å². The van der Waals surface area contributed by atoms with Gasteiger partial charge in [-0.3, -0.25) is 4.79 Å². The van der Waals surface area contributed by atoms with Crippen molar-refractivity contribution in [1.82, 2.24) is 10.3 Å². The highest BCUT2D eigenvalue weighted by molar-refractivity contribution is 5.94. The van der Waals surface area contributed by atoms with Crippen molar-refractivity contribution < 1.29 is 9.21 Å². The fourth-order valence-electron chi connectivity index (χ4n) is 2.98. The number of hydrogen-bond acceptors (Lipinski definition) is 4. The molecule has 2 N–H and O–H groups in total. The molecule has 0 saturated carbocycles. The molecule has 24 heavy (non-hydrogen) atoms. The summed E-state index contributed by atoms with van der Waals surface area (Å²) < 4.78 is 5.45. The summed E-state index contributed by atoms with van der Waals surface area (Å²) in [6, 6.07) is 6.27. The second-order valence-electron chi connectivity index (χ2n) is 6.39. The van der Waals surface area contributed by atoms with Crippen LogP contribution in [0.4, 0.5) is 5.69 Å². The Balaban J connectivity index is 0.00000208. The number of nitrogens with zero attached hydrogens (tertiary/aromatic N) is 1. The zero-order valence-corrected chi connectivity index (χ0v) is 15.1. The van der Waals surface area contributed by atoms with Crippen LogP contribution in [0.5, 0.6) is 0 Å². The number of oxazole rings is 1. The number of aryl methyl sites for hydroxylation is 2. The lowest BCUT2D eigenvalue weighted by Gasteiger charge is -2.27. The number of benzene rings is 1. The largest absolute Gasteiger partial charge is 0.444 e. The molecule has 2 atom stereocenters. The number of amides is 1. The molecule has 1 aromatic heterocycles. The van der Waals surface area contributed by atoms with Crippen LogP contribution in [0.1, 0.15) is 31.0 Å². The van der Waals surface area contributed by atoms with Gasteiger partial charge >= 0.3 is 0 Å². The Hall–Kier alpha value is -1.85. The van der Waals surface area contributed by atoms with E-state index in [-0.39, 0.29) is 24.2 Å². The van der Waals surface area contributed by atoms with E-state index < -0.39 is 0 Å². The van der Waals surface area contributed by atoms with Gasteiger partial charge in [0.1, 0.15) is 6.26 Å². The van der Waals surface area contributed by atoms with Gasteiger partial charge in [0.25, 0.3) is 0 Å². The van der Waals surface area contributed by atoms with Gasteiger partial charge in [-0.15, -0.1) is 12.4 Å². The Labute approximate surface area is 148 Å². The van der Waals surface area contributed by atoms with Crippen molar-refractivity contribution in [3.8, 4) is 11.5 Å². The molecule has 0 radical (unpaired) electrons. The number of rotatable bonds is 3. The van der Waals surface area contributed by atoms with E-state index in [4.69, 9.17) is 4.42 Å². The third kappa shape index (κ3) is 4.16. The summed E-state index contributed by atoms with van der Waals surface area (Å²) in [7, 11) is 0. The Morgan fingerprint density at radius 1 is 1.38 bits per heavy atom. The molecule has 0 spiro atoms. The maximum Gasteiger partial charge on any atom is 0.227 e. The molecule has 5 nitrogen and oxygen atoms in total. The van der Waals surface area contributed by atoms with E-state index in [1.165, 1.54) is 0 Å². The van der Waals surface area contributed by atoms with E-state index in [0.29, 0.717) is 11.9 Å². The third-order valence-corrected chi connectivity index (χ3v) is 4.36. The SMILES string of the molecule is Cc1coc(-c2ccc(C)c(NC(=O)[C@H]3CCN[C@@H](C)C3)c2)n1.Cl. The highest BCUT2D eigenvalue weighted by Crippen LogP contribution is 2.26. The lowest BCUT2D eigenvalue weighted by molar-refractivity contribution is -0.120. The van der Waals surface area contributed by atoms with Crippen LogP contribution in [0.3, 0.4) is 0 Å². The van der Waals surface area contributed by atoms with E-state index in [0.717, 1.165) is 41.9 Å².